The van der Waals surface area contributed by atoms with Crippen LogP contribution in [0.5, 0.6) is 5.75 Å². The highest BCUT2D eigenvalue weighted by molar-refractivity contribution is 7.99. The first-order valence-electron chi connectivity index (χ1n) is 11.3. The number of anilines is 1. The number of nitrogens with zero attached hydrogens (tertiary/aromatic N) is 5. The summed E-state index contributed by atoms with van der Waals surface area (Å²) in [4.78, 5) is 14.5. The summed E-state index contributed by atoms with van der Waals surface area (Å²) >= 11 is 1.30. The van der Waals surface area contributed by atoms with Crippen LogP contribution in [0.15, 0.2) is 83.1 Å². The number of aromatic nitrogens is 3. The van der Waals surface area contributed by atoms with Crippen LogP contribution in [-0.2, 0) is 4.79 Å². The van der Waals surface area contributed by atoms with Crippen molar-refractivity contribution in [2.45, 2.75) is 12.1 Å². The molecule has 0 aliphatic rings. The molecule has 1 aromatic heterocycles. The van der Waals surface area contributed by atoms with Crippen LogP contribution in [-0.4, -0.2) is 53.8 Å². The van der Waals surface area contributed by atoms with Crippen molar-refractivity contribution in [3.8, 4) is 22.8 Å². The van der Waals surface area contributed by atoms with Gasteiger partial charge in [-0.2, -0.15) is 5.10 Å². The van der Waals surface area contributed by atoms with E-state index in [1.54, 1.807) is 13.3 Å². The van der Waals surface area contributed by atoms with E-state index in [1.807, 2.05) is 103 Å². The first-order chi connectivity index (χ1) is 17.4. The summed E-state index contributed by atoms with van der Waals surface area (Å²) in [5, 5.41) is 13.5. The fourth-order valence-electron chi connectivity index (χ4n) is 3.42. The number of methoxy groups -OCH3 is 1. The Morgan fingerprint density at radius 2 is 1.72 bits per heavy atom. The largest absolute Gasteiger partial charge is 0.497 e. The molecule has 0 saturated carbocycles. The van der Waals surface area contributed by atoms with E-state index in [0.29, 0.717) is 11.0 Å². The number of nitrogens with one attached hydrogen (secondary N) is 1. The smallest absolute Gasteiger partial charge is 0.250 e. The number of hydrogen-bond acceptors (Lipinski definition) is 7. The molecule has 0 fully saturated rings. The second kappa shape index (κ2) is 11.5. The molecule has 0 radical (unpaired) electrons. The monoisotopic (exact) mass is 500 g/mol. The molecule has 36 heavy (non-hydrogen) atoms. The molecule has 0 atom stereocenters. The van der Waals surface area contributed by atoms with Gasteiger partial charge in [-0.15, -0.1) is 10.2 Å². The average Bonchev–Trinajstić information content (AvgIpc) is 3.32. The van der Waals surface area contributed by atoms with Crippen molar-refractivity contribution in [3.05, 3.63) is 83.9 Å². The summed E-state index contributed by atoms with van der Waals surface area (Å²) in [5.74, 6) is 1.36. The summed E-state index contributed by atoms with van der Waals surface area (Å²) in [7, 11) is 5.60. The Hall–Kier alpha value is -4.11. The molecule has 0 saturated heterocycles. The maximum absolute atomic E-state index is 12.5. The highest BCUT2D eigenvalue weighted by atomic mass is 32.2. The van der Waals surface area contributed by atoms with Gasteiger partial charge in [0.25, 0.3) is 5.91 Å². The van der Waals surface area contributed by atoms with E-state index in [4.69, 9.17) is 4.74 Å². The van der Waals surface area contributed by atoms with E-state index in [1.165, 1.54) is 11.8 Å². The van der Waals surface area contributed by atoms with Gasteiger partial charge in [0.2, 0.25) is 0 Å². The predicted molar refractivity (Wildman–Crippen MR) is 145 cm³/mol. The first-order valence-corrected chi connectivity index (χ1v) is 12.3. The molecule has 0 unspecified atom stereocenters. The Kier molecular flexibility index (Phi) is 8.02. The van der Waals surface area contributed by atoms with Crippen molar-refractivity contribution in [1.82, 2.24) is 20.2 Å². The van der Waals surface area contributed by atoms with E-state index in [-0.39, 0.29) is 11.7 Å². The Morgan fingerprint density at radius 1 is 1.03 bits per heavy atom. The van der Waals surface area contributed by atoms with Gasteiger partial charge in [-0.05, 0) is 48.9 Å². The third-order valence-electron chi connectivity index (χ3n) is 5.42. The lowest BCUT2D eigenvalue weighted by Gasteiger charge is -2.11. The molecule has 3 aromatic carbocycles. The summed E-state index contributed by atoms with van der Waals surface area (Å²) < 4.78 is 7.24. The first kappa shape index (κ1) is 25.0. The Bertz CT molecular complexity index is 1330. The van der Waals surface area contributed by atoms with Gasteiger partial charge in [0.05, 0.1) is 19.1 Å². The highest BCUT2D eigenvalue weighted by Crippen LogP contribution is 2.29. The highest BCUT2D eigenvalue weighted by Gasteiger charge is 2.17. The van der Waals surface area contributed by atoms with Gasteiger partial charge in [-0.25, -0.2) is 5.43 Å². The van der Waals surface area contributed by atoms with Crippen molar-refractivity contribution in [1.29, 1.82) is 0 Å². The number of thioether (sulfide) groups is 1. The van der Waals surface area contributed by atoms with Gasteiger partial charge in [-0.1, -0.05) is 53.7 Å². The normalized spacial score (nSPS) is 11.0. The average molecular weight is 501 g/mol. The maximum atomic E-state index is 12.5. The van der Waals surface area contributed by atoms with Crippen LogP contribution < -0.4 is 15.1 Å². The minimum atomic E-state index is -0.234. The summed E-state index contributed by atoms with van der Waals surface area (Å²) in [6, 6.07) is 23.6. The van der Waals surface area contributed by atoms with Crippen LogP contribution in [0.25, 0.3) is 17.1 Å². The number of hydrogen-bond donors (Lipinski definition) is 1. The SMILES string of the molecule is COc1ccc(-n2c(SCC(=O)N/N=C\c3ccc(N(C)C)cc3)nnc2-c2ccc(C)cc2)cc1. The Morgan fingerprint density at radius 3 is 2.36 bits per heavy atom. The van der Waals surface area contributed by atoms with E-state index in [2.05, 4.69) is 20.7 Å². The second-order valence-electron chi connectivity index (χ2n) is 8.27. The molecule has 4 rings (SSSR count). The summed E-state index contributed by atoms with van der Waals surface area (Å²) in [6.45, 7) is 2.04. The molecule has 1 amide bonds. The molecule has 0 bridgehead atoms. The fourth-order valence-corrected chi connectivity index (χ4v) is 4.16. The Labute approximate surface area is 215 Å². The lowest BCUT2D eigenvalue weighted by molar-refractivity contribution is -0.118. The number of hydrazone groups is 1. The van der Waals surface area contributed by atoms with Crippen LogP contribution in [0.3, 0.4) is 0 Å². The van der Waals surface area contributed by atoms with Crippen LogP contribution >= 0.6 is 11.8 Å². The minimum Gasteiger partial charge on any atom is -0.497 e. The molecule has 4 aromatic rings. The fraction of sp³-hybridized carbons (Fsp3) is 0.185. The third kappa shape index (κ3) is 6.11. The van der Waals surface area contributed by atoms with Gasteiger partial charge in [0.1, 0.15) is 5.75 Å². The topological polar surface area (TPSA) is 84.6 Å². The molecule has 0 aliphatic heterocycles. The zero-order valence-corrected chi connectivity index (χ0v) is 21.5. The van der Waals surface area contributed by atoms with Crippen LogP contribution in [0.2, 0.25) is 0 Å². The quantitative estimate of drug-likeness (QED) is 0.206. The minimum absolute atomic E-state index is 0.138. The molecule has 9 heteroatoms. The molecule has 184 valence electrons. The van der Waals surface area contributed by atoms with Crippen molar-refractivity contribution in [2.75, 3.05) is 31.9 Å². The van der Waals surface area contributed by atoms with E-state index in [9.17, 15) is 4.79 Å². The van der Waals surface area contributed by atoms with Crippen LogP contribution in [0, 0.1) is 6.92 Å². The number of ether oxygens (including phenoxy) is 1. The van der Waals surface area contributed by atoms with Gasteiger partial charge in [0.15, 0.2) is 11.0 Å². The lowest BCUT2D eigenvalue weighted by atomic mass is 10.1. The van der Waals surface area contributed by atoms with E-state index >= 15 is 0 Å². The predicted octanol–water partition coefficient (Wildman–Crippen LogP) is 4.56. The van der Waals surface area contributed by atoms with Gasteiger partial charge in [0, 0.05) is 31.0 Å². The van der Waals surface area contributed by atoms with Gasteiger partial charge >= 0.3 is 0 Å². The Balaban J connectivity index is 1.48. The number of aryl methyl sites for hydroxylation is 1. The van der Waals surface area contributed by atoms with Gasteiger partial charge in [-0.3, -0.25) is 9.36 Å². The van der Waals surface area contributed by atoms with E-state index < -0.39 is 0 Å². The number of carbonyl (C=O) groups is 1. The number of benzene rings is 3. The van der Waals surface area contributed by atoms with E-state index in [0.717, 1.165) is 33.8 Å². The molecule has 8 nitrogen and oxygen atoms in total. The number of rotatable bonds is 9. The molecule has 1 heterocycles. The molecular formula is C27H28N6O2S. The van der Waals surface area contributed by atoms with Crippen molar-refractivity contribution in [2.24, 2.45) is 5.10 Å². The summed E-state index contributed by atoms with van der Waals surface area (Å²) in [6.07, 6.45) is 1.62. The lowest BCUT2D eigenvalue weighted by Crippen LogP contribution is -2.20. The molecule has 1 N–H and O–H groups in total. The zero-order valence-electron chi connectivity index (χ0n) is 20.7. The summed E-state index contributed by atoms with van der Waals surface area (Å²) in [5.41, 5.74) is 7.55. The van der Waals surface area contributed by atoms with Crippen molar-refractivity contribution >= 4 is 29.6 Å². The maximum Gasteiger partial charge on any atom is 0.250 e. The second-order valence-corrected chi connectivity index (χ2v) is 9.22. The van der Waals surface area contributed by atoms with Crippen LogP contribution in [0.4, 0.5) is 5.69 Å². The van der Waals surface area contributed by atoms with Crippen molar-refractivity contribution < 1.29 is 9.53 Å². The van der Waals surface area contributed by atoms with Crippen molar-refractivity contribution in [3.63, 3.8) is 0 Å². The number of carbonyl (C=O) groups excluding carboxylic acids is 1. The third-order valence-corrected chi connectivity index (χ3v) is 6.35. The molecular weight excluding hydrogens is 472 g/mol. The molecule has 0 spiro atoms. The number of amides is 1. The van der Waals surface area contributed by atoms with Gasteiger partial charge < -0.3 is 9.64 Å². The molecule has 0 aliphatic carbocycles. The van der Waals surface area contributed by atoms with Crippen LogP contribution in [0.1, 0.15) is 11.1 Å². The zero-order chi connectivity index (χ0) is 25.5. The standard InChI is InChI=1S/C27H28N6O2S/c1-19-5-9-21(10-6-19)26-30-31-27(33(26)23-13-15-24(35-4)16-14-23)36-18-25(34)29-28-17-20-7-11-22(12-8-20)32(2)3/h5-17H,18H2,1-4H3,(H,29,34)/b28-17-.